The number of furan rings is 1. The van der Waals surface area contributed by atoms with E-state index in [1.54, 1.807) is 13.0 Å². The minimum absolute atomic E-state index is 0.0562. The van der Waals surface area contributed by atoms with E-state index in [0.717, 1.165) is 0 Å². The van der Waals surface area contributed by atoms with Crippen LogP contribution in [-0.4, -0.2) is 35.0 Å². The molecular formula is C10H13NO4S. The highest BCUT2D eigenvalue weighted by Gasteiger charge is 2.10. The molecule has 0 saturated carbocycles. The summed E-state index contributed by atoms with van der Waals surface area (Å²) in [4.78, 5) is 21.7. The van der Waals surface area contributed by atoms with Gasteiger partial charge in [-0.25, -0.2) is 0 Å². The van der Waals surface area contributed by atoms with Crippen molar-refractivity contribution in [1.29, 1.82) is 0 Å². The Kier molecular flexibility index (Phi) is 4.91. The van der Waals surface area contributed by atoms with Gasteiger partial charge in [-0.05, 0) is 13.0 Å². The van der Waals surface area contributed by atoms with Gasteiger partial charge in [0.25, 0.3) is 5.91 Å². The number of aryl methyl sites for hydroxylation is 1. The number of rotatable bonds is 6. The molecule has 0 radical (unpaired) electrons. The number of hydrogen-bond acceptors (Lipinski definition) is 4. The van der Waals surface area contributed by atoms with Crippen LogP contribution in [0.4, 0.5) is 0 Å². The number of hydrogen-bond donors (Lipinski definition) is 2. The lowest BCUT2D eigenvalue weighted by Gasteiger charge is -2.03. The van der Waals surface area contributed by atoms with Crippen LogP contribution in [0.25, 0.3) is 0 Å². The number of carboxylic acid groups (broad SMARTS) is 1. The molecule has 88 valence electrons. The van der Waals surface area contributed by atoms with E-state index in [4.69, 9.17) is 9.52 Å². The van der Waals surface area contributed by atoms with Crippen molar-refractivity contribution in [3.05, 3.63) is 23.7 Å². The van der Waals surface area contributed by atoms with Crippen LogP contribution in [-0.2, 0) is 4.79 Å². The van der Waals surface area contributed by atoms with Gasteiger partial charge in [-0.1, -0.05) is 0 Å². The third kappa shape index (κ3) is 3.98. The van der Waals surface area contributed by atoms with Crippen molar-refractivity contribution >= 4 is 23.6 Å². The molecule has 5 nitrogen and oxygen atoms in total. The van der Waals surface area contributed by atoms with E-state index < -0.39 is 5.97 Å². The lowest BCUT2D eigenvalue weighted by molar-refractivity contribution is -0.133. The summed E-state index contributed by atoms with van der Waals surface area (Å²) in [5.41, 5.74) is 0.517. The average Bonchev–Trinajstić information content (AvgIpc) is 2.63. The van der Waals surface area contributed by atoms with Crippen molar-refractivity contribution in [1.82, 2.24) is 5.32 Å². The lowest BCUT2D eigenvalue weighted by atomic mass is 10.2. The molecule has 1 heterocycles. The Bertz CT molecular complexity index is 375. The van der Waals surface area contributed by atoms with Crippen molar-refractivity contribution < 1.29 is 19.1 Å². The van der Waals surface area contributed by atoms with Crippen molar-refractivity contribution in [3.8, 4) is 0 Å². The number of carbonyl (C=O) groups is 2. The van der Waals surface area contributed by atoms with Gasteiger partial charge in [-0.2, -0.15) is 0 Å². The number of carboxylic acids is 1. The quantitative estimate of drug-likeness (QED) is 0.732. The van der Waals surface area contributed by atoms with Gasteiger partial charge in [-0.15, -0.1) is 11.8 Å². The monoisotopic (exact) mass is 243 g/mol. The largest absolute Gasteiger partial charge is 0.481 e. The molecule has 0 atom stereocenters. The summed E-state index contributed by atoms with van der Waals surface area (Å²) in [7, 11) is 0. The van der Waals surface area contributed by atoms with Gasteiger partial charge in [0.1, 0.15) is 5.76 Å². The van der Waals surface area contributed by atoms with Crippen LogP contribution in [0.2, 0.25) is 0 Å². The maximum atomic E-state index is 11.5. The Morgan fingerprint density at radius 1 is 1.56 bits per heavy atom. The van der Waals surface area contributed by atoms with Gasteiger partial charge < -0.3 is 14.8 Å². The normalized spacial score (nSPS) is 10.1. The first-order valence-electron chi connectivity index (χ1n) is 4.73. The molecule has 1 aromatic heterocycles. The van der Waals surface area contributed by atoms with Crippen LogP contribution in [0.3, 0.4) is 0 Å². The minimum atomic E-state index is -0.845. The van der Waals surface area contributed by atoms with Crippen molar-refractivity contribution in [2.45, 2.75) is 6.92 Å². The Morgan fingerprint density at radius 2 is 2.31 bits per heavy atom. The van der Waals surface area contributed by atoms with E-state index in [2.05, 4.69) is 5.32 Å². The SMILES string of the molecule is Cc1occc1C(=O)NCCSCC(=O)O. The fourth-order valence-electron chi connectivity index (χ4n) is 1.11. The number of thioether (sulfide) groups is 1. The van der Waals surface area contributed by atoms with E-state index in [0.29, 0.717) is 23.6 Å². The van der Waals surface area contributed by atoms with E-state index in [1.807, 2.05) is 0 Å². The van der Waals surface area contributed by atoms with Crippen molar-refractivity contribution in [2.24, 2.45) is 0 Å². The van der Waals surface area contributed by atoms with Crippen LogP contribution in [0.5, 0.6) is 0 Å². The Hall–Kier alpha value is -1.43. The first kappa shape index (κ1) is 12.6. The predicted octanol–water partition coefficient (Wildman–Crippen LogP) is 1.14. The predicted molar refractivity (Wildman–Crippen MR) is 60.7 cm³/mol. The zero-order valence-electron chi connectivity index (χ0n) is 8.86. The number of amides is 1. The van der Waals surface area contributed by atoms with Crippen LogP contribution >= 0.6 is 11.8 Å². The third-order valence-corrected chi connectivity index (χ3v) is 2.80. The topological polar surface area (TPSA) is 79.5 Å². The highest BCUT2D eigenvalue weighted by Crippen LogP contribution is 2.08. The van der Waals surface area contributed by atoms with Gasteiger partial charge in [0.2, 0.25) is 0 Å². The van der Waals surface area contributed by atoms with Gasteiger partial charge in [-0.3, -0.25) is 9.59 Å². The number of aliphatic carboxylic acids is 1. The molecule has 0 saturated heterocycles. The summed E-state index contributed by atoms with van der Waals surface area (Å²) in [5, 5.41) is 11.1. The second-order valence-electron chi connectivity index (χ2n) is 3.09. The molecule has 0 spiro atoms. The molecule has 6 heteroatoms. The molecule has 1 aromatic rings. The highest BCUT2D eigenvalue weighted by atomic mass is 32.2. The second-order valence-corrected chi connectivity index (χ2v) is 4.20. The van der Waals surface area contributed by atoms with Crippen molar-refractivity contribution in [2.75, 3.05) is 18.1 Å². The summed E-state index contributed by atoms with van der Waals surface area (Å²) in [5.74, 6) is 0.176. The summed E-state index contributed by atoms with van der Waals surface area (Å²) in [6, 6.07) is 1.61. The zero-order valence-corrected chi connectivity index (χ0v) is 9.67. The van der Waals surface area contributed by atoms with Crippen molar-refractivity contribution in [3.63, 3.8) is 0 Å². The molecule has 16 heavy (non-hydrogen) atoms. The molecule has 0 aliphatic rings. The maximum Gasteiger partial charge on any atom is 0.313 e. The number of carbonyl (C=O) groups excluding carboxylic acids is 1. The van der Waals surface area contributed by atoms with Crippen LogP contribution in [0.15, 0.2) is 16.7 Å². The summed E-state index contributed by atoms with van der Waals surface area (Å²) in [6.07, 6.45) is 1.46. The summed E-state index contributed by atoms with van der Waals surface area (Å²) < 4.78 is 5.00. The first-order chi connectivity index (χ1) is 7.61. The van der Waals surface area contributed by atoms with Gasteiger partial charge in [0.15, 0.2) is 0 Å². The smallest absolute Gasteiger partial charge is 0.313 e. The first-order valence-corrected chi connectivity index (χ1v) is 5.88. The molecule has 0 fully saturated rings. The van der Waals surface area contributed by atoms with Gasteiger partial charge >= 0.3 is 5.97 Å². The molecule has 2 N–H and O–H groups in total. The lowest BCUT2D eigenvalue weighted by Crippen LogP contribution is -2.26. The van der Waals surface area contributed by atoms with Crippen LogP contribution in [0, 0.1) is 6.92 Å². The van der Waals surface area contributed by atoms with E-state index in [1.165, 1.54) is 18.0 Å². The summed E-state index contributed by atoms with van der Waals surface area (Å²) >= 11 is 1.27. The van der Waals surface area contributed by atoms with E-state index in [9.17, 15) is 9.59 Å². The molecule has 1 rings (SSSR count). The Morgan fingerprint density at radius 3 is 2.88 bits per heavy atom. The van der Waals surface area contributed by atoms with Crippen LogP contribution < -0.4 is 5.32 Å². The Labute approximate surface area is 97.2 Å². The zero-order chi connectivity index (χ0) is 12.0. The molecule has 0 bridgehead atoms. The number of nitrogens with one attached hydrogen (secondary N) is 1. The molecule has 1 amide bonds. The third-order valence-electron chi connectivity index (χ3n) is 1.86. The standard InChI is InChI=1S/C10H13NO4S/c1-7-8(2-4-15-7)10(14)11-3-5-16-6-9(12)13/h2,4H,3,5-6H2,1H3,(H,11,14)(H,12,13). The molecular weight excluding hydrogens is 230 g/mol. The average molecular weight is 243 g/mol. The summed E-state index contributed by atoms with van der Waals surface area (Å²) in [6.45, 7) is 2.16. The van der Waals surface area contributed by atoms with Gasteiger partial charge in [0.05, 0.1) is 17.6 Å². The van der Waals surface area contributed by atoms with Gasteiger partial charge in [0, 0.05) is 12.3 Å². The maximum absolute atomic E-state index is 11.5. The molecule has 0 unspecified atom stereocenters. The molecule has 0 aliphatic carbocycles. The van der Waals surface area contributed by atoms with Crippen LogP contribution in [0.1, 0.15) is 16.1 Å². The van der Waals surface area contributed by atoms with E-state index >= 15 is 0 Å². The fraction of sp³-hybridized carbons (Fsp3) is 0.400. The molecule has 0 aliphatic heterocycles. The minimum Gasteiger partial charge on any atom is -0.481 e. The second kappa shape index (κ2) is 6.22. The Balaban J connectivity index is 2.21. The fourth-order valence-corrected chi connectivity index (χ4v) is 1.68. The molecule has 0 aromatic carbocycles. The highest BCUT2D eigenvalue weighted by molar-refractivity contribution is 7.99. The van der Waals surface area contributed by atoms with E-state index in [-0.39, 0.29) is 11.7 Å².